The van der Waals surface area contributed by atoms with E-state index in [1.54, 1.807) is 51.3 Å². The van der Waals surface area contributed by atoms with E-state index in [9.17, 15) is 20.2 Å². The summed E-state index contributed by atoms with van der Waals surface area (Å²) in [5.74, 6) is 0.860. The van der Waals surface area contributed by atoms with Crippen molar-refractivity contribution < 1.29 is 18.9 Å². The van der Waals surface area contributed by atoms with Crippen molar-refractivity contribution in [3.05, 3.63) is 86.7 Å². The van der Waals surface area contributed by atoms with Crippen molar-refractivity contribution in [1.29, 1.82) is 5.26 Å². The number of aryl methyl sites for hydroxylation is 1. The van der Waals surface area contributed by atoms with E-state index in [-0.39, 0.29) is 23.6 Å². The van der Waals surface area contributed by atoms with Gasteiger partial charge in [0.25, 0.3) is 11.6 Å². The summed E-state index contributed by atoms with van der Waals surface area (Å²) in [6, 6.07) is 15.6. The molecule has 32 heavy (non-hydrogen) atoms. The monoisotopic (exact) mass is 431 g/mol. The van der Waals surface area contributed by atoms with Gasteiger partial charge < -0.3 is 14.5 Å². The number of nitro groups is 1. The Labute approximate surface area is 184 Å². The topological polar surface area (TPSA) is 118 Å². The number of ether oxygens (including phenoxy) is 1. The number of rotatable bonds is 7. The molecule has 8 heteroatoms. The lowest BCUT2D eigenvalue weighted by Gasteiger charge is -2.06. The van der Waals surface area contributed by atoms with Crippen molar-refractivity contribution in [1.82, 2.24) is 5.32 Å². The highest BCUT2D eigenvalue weighted by molar-refractivity contribution is 6.01. The molecule has 0 saturated heterocycles. The quantitative estimate of drug-likeness (QED) is 0.251. The lowest BCUT2D eigenvalue weighted by atomic mass is 10.0. The maximum atomic E-state index is 12.4. The third kappa shape index (κ3) is 5.02. The van der Waals surface area contributed by atoms with E-state index >= 15 is 0 Å². The van der Waals surface area contributed by atoms with Crippen molar-refractivity contribution in [2.75, 3.05) is 7.11 Å². The summed E-state index contributed by atoms with van der Waals surface area (Å²) >= 11 is 0. The van der Waals surface area contributed by atoms with Crippen LogP contribution in [0.25, 0.3) is 17.4 Å². The molecule has 3 rings (SSSR count). The zero-order valence-corrected chi connectivity index (χ0v) is 17.8. The third-order valence-corrected chi connectivity index (χ3v) is 5.01. The molecule has 1 heterocycles. The van der Waals surface area contributed by atoms with Crippen LogP contribution >= 0.6 is 0 Å². The molecule has 0 aliphatic carbocycles. The highest BCUT2D eigenvalue weighted by Crippen LogP contribution is 2.31. The molecule has 2 aromatic carbocycles. The summed E-state index contributed by atoms with van der Waals surface area (Å²) in [5, 5.41) is 23.4. The van der Waals surface area contributed by atoms with Crippen LogP contribution in [0.5, 0.6) is 5.75 Å². The van der Waals surface area contributed by atoms with E-state index in [1.807, 2.05) is 18.2 Å². The standard InChI is InChI=1S/C24H21N3O5/c1-15-10-18(12-22(16(15)2)27(29)30)23-9-8-21(32-23)11-19(13-25)24(28)26-14-17-4-6-20(31-3)7-5-17/h4-12H,14H2,1-3H3,(H,26,28)/b19-11-. The molecular weight excluding hydrogens is 410 g/mol. The Morgan fingerprint density at radius 1 is 1.22 bits per heavy atom. The molecule has 1 aromatic heterocycles. The molecule has 162 valence electrons. The van der Waals surface area contributed by atoms with Crippen LogP contribution < -0.4 is 10.1 Å². The van der Waals surface area contributed by atoms with E-state index in [4.69, 9.17) is 9.15 Å². The lowest BCUT2D eigenvalue weighted by Crippen LogP contribution is -2.23. The molecule has 1 amide bonds. The molecule has 1 N–H and O–H groups in total. The predicted molar refractivity (Wildman–Crippen MR) is 119 cm³/mol. The molecule has 0 aliphatic heterocycles. The first-order valence-electron chi connectivity index (χ1n) is 9.71. The minimum atomic E-state index is -0.539. The van der Waals surface area contributed by atoms with Gasteiger partial charge in [-0.1, -0.05) is 12.1 Å². The van der Waals surface area contributed by atoms with E-state index in [2.05, 4.69) is 5.32 Å². The molecule has 0 fully saturated rings. The first-order chi connectivity index (χ1) is 15.3. The van der Waals surface area contributed by atoms with Crippen molar-refractivity contribution in [2.24, 2.45) is 0 Å². The van der Waals surface area contributed by atoms with E-state index in [1.165, 1.54) is 12.1 Å². The van der Waals surface area contributed by atoms with Gasteiger partial charge in [0.2, 0.25) is 0 Å². The number of nitrogens with zero attached hydrogens (tertiary/aromatic N) is 2. The van der Waals surface area contributed by atoms with Gasteiger partial charge in [0, 0.05) is 29.8 Å². The number of nitrogens with one attached hydrogen (secondary N) is 1. The van der Waals surface area contributed by atoms with Crippen LogP contribution in [0, 0.1) is 35.3 Å². The fraction of sp³-hybridized carbons (Fsp3) is 0.167. The Balaban J connectivity index is 1.77. The normalized spacial score (nSPS) is 11.0. The second-order valence-electron chi connectivity index (χ2n) is 7.10. The second kappa shape index (κ2) is 9.62. The van der Waals surface area contributed by atoms with Gasteiger partial charge >= 0.3 is 0 Å². The Hall–Kier alpha value is -4.38. The Bertz CT molecular complexity index is 1230. The van der Waals surface area contributed by atoms with Gasteiger partial charge in [-0.15, -0.1) is 0 Å². The Morgan fingerprint density at radius 2 is 1.94 bits per heavy atom. The molecule has 0 aliphatic rings. The van der Waals surface area contributed by atoms with Gasteiger partial charge in [-0.25, -0.2) is 0 Å². The number of methoxy groups -OCH3 is 1. The molecular formula is C24H21N3O5. The minimum Gasteiger partial charge on any atom is -0.497 e. The highest BCUT2D eigenvalue weighted by Gasteiger charge is 2.17. The number of furan rings is 1. The Kier molecular flexibility index (Phi) is 6.71. The van der Waals surface area contributed by atoms with Crippen LogP contribution in [0.4, 0.5) is 5.69 Å². The average Bonchev–Trinajstić information content (AvgIpc) is 3.26. The predicted octanol–water partition coefficient (Wildman–Crippen LogP) is 4.70. The van der Waals surface area contributed by atoms with Gasteiger partial charge in [-0.2, -0.15) is 5.26 Å². The fourth-order valence-electron chi connectivity index (χ4n) is 3.07. The zero-order chi connectivity index (χ0) is 23.3. The third-order valence-electron chi connectivity index (χ3n) is 5.01. The van der Waals surface area contributed by atoms with Crippen LogP contribution in [0.3, 0.4) is 0 Å². The fourth-order valence-corrected chi connectivity index (χ4v) is 3.07. The Morgan fingerprint density at radius 3 is 2.56 bits per heavy atom. The van der Waals surface area contributed by atoms with Crippen molar-refractivity contribution in [3.8, 4) is 23.1 Å². The molecule has 0 spiro atoms. The number of nitriles is 1. The van der Waals surface area contributed by atoms with E-state index < -0.39 is 10.8 Å². The van der Waals surface area contributed by atoms with E-state index in [0.717, 1.165) is 11.1 Å². The van der Waals surface area contributed by atoms with Gasteiger partial charge in [0.1, 0.15) is 28.9 Å². The number of nitro benzene ring substituents is 1. The lowest BCUT2D eigenvalue weighted by molar-refractivity contribution is -0.385. The van der Waals surface area contributed by atoms with Gasteiger partial charge in [0.05, 0.1) is 12.0 Å². The van der Waals surface area contributed by atoms with Crippen LogP contribution in [0.15, 0.2) is 58.5 Å². The molecule has 0 bridgehead atoms. The average molecular weight is 431 g/mol. The largest absolute Gasteiger partial charge is 0.497 e. The van der Waals surface area contributed by atoms with Crippen LogP contribution in [0.2, 0.25) is 0 Å². The summed E-state index contributed by atoms with van der Waals surface area (Å²) in [7, 11) is 1.57. The van der Waals surface area contributed by atoms with E-state index in [0.29, 0.717) is 22.6 Å². The molecule has 0 atom stereocenters. The van der Waals surface area contributed by atoms with Crippen LogP contribution in [-0.4, -0.2) is 17.9 Å². The summed E-state index contributed by atoms with van der Waals surface area (Å²) < 4.78 is 10.8. The molecule has 0 saturated carbocycles. The first-order valence-corrected chi connectivity index (χ1v) is 9.71. The first kappa shape index (κ1) is 22.3. The number of carbonyl (C=O) groups is 1. The number of carbonyl (C=O) groups excluding carboxylic acids is 1. The second-order valence-corrected chi connectivity index (χ2v) is 7.10. The van der Waals surface area contributed by atoms with Gasteiger partial charge in [0.15, 0.2) is 0 Å². The minimum absolute atomic E-state index is 0.00381. The molecule has 3 aromatic rings. The number of amides is 1. The summed E-state index contributed by atoms with van der Waals surface area (Å²) in [6.45, 7) is 3.73. The SMILES string of the molecule is COc1ccc(CNC(=O)/C(C#N)=C\c2ccc(-c3cc(C)c(C)c([N+](=O)[O-])c3)o2)cc1. The molecule has 0 radical (unpaired) electrons. The maximum absolute atomic E-state index is 12.4. The molecule has 0 unspecified atom stereocenters. The summed E-state index contributed by atoms with van der Waals surface area (Å²) in [5.41, 5.74) is 2.63. The summed E-state index contributed by atoms with van der Waals surface area (Å²) in [4.78, 5) is 23.3. The van der Waals surface area contributed by atoms with Crippen molar-refractivity contribution in [2.45, 2.75) is 20.4 Å². The zero-order valence-electron chi connectivity index (χ0n) is 17.8. The number of hydrogen-bond donors (Lipinski definition) is 1. The van der Waals surface area contributed by atoms with Crippen molar-refractivity contribution in [3.63, 3.8) is 0 Å². The summed E-state index contributed by atoms with van der Waals surface area (Å²) in [6.07, 6.45) is 1.34. The number of hydrogen-bond acceptors (Lipinski definition) is 6. The van der Waals surface area contributed by atoms with Crippen LogP contribution in [0.1, 0.15) is 22.5 Å². The smallest absolute Gasteiger partial charge is 0.273 e. The van der Waals surface area contributed by atoms with Crippen molar-refractivity contribution >= 4 is 17.7 Å². The van der Waals surface area contributed by atoms with Gasteiger partial charge in [-0.3, -0.25) is 14.9 Å². The van der Waals surface area contributed by atoms with Gasteiger partial charge in [-0.05, 0) is 55.3 Å². The maximum Gasteiger partial charge on any atom is 0.273 e. The molecule has 8 nitrogen and oxygen atoms in total. The van der Waals surface area contributed by atoms with Crippen LogP contribution in [-0.2, 0) is 11.3 Å². The number of benzene rings is 2. The highest BCUT2D eigenvalue weighted by atomic mass is 16.6.